The highest BCUT2D eigenvalue weighted by Gasteiger charge is 2.27. The first-order chi connectivity index (χ1) is 6.57. The number of thiophene rings is 1. The van der Waals surface area contributed by atoms with Gasteiger partial charge in [0, 0.05) is 12.1 Å². The van der Waals surface area contributed by atoms with Gasteiger partial charge in [-0.1, -0.05) is 11.6 Å². The molecule has 1 unspecified atom stereocenters. The Hall–Kier alpha value is -0.0900. The largest absolute Gasteiger partial charge is 0.370 e. The summed E-state index contributed by atoms with van der Waals surface area (Å²) >= 11 is 7.43. The van der Waals surface area contributed by atoms with Gasteiger partial charge in [0.15, 0.2) is 0 Å². The van der Waals surface area contributed by atoms with E-state index in [9.17, 15) is 0 Å². The van der Waals surface area contributed by atoms with E-state index < -0.39 is 0 Å². The third-order valence-electron chi connectivity index (χ3n) is 2.37. The Morgan fingerprint density at radius 3 is 2.93 bits per heavy atom. The molecule has 0 aliphatic carbocycles. The van der Waals surface area contributed by atoms with Crippen LogP contribution in [0.1, 0.15) is 25.5 Å². The first-order valence-electron chi connectivity index (χ1n) is 4.67. The average molecular weight is 232 g/mol. The van der Waals surface area contributed by atoms with E-state index in [1.54, 1.807) is 11.3 Å². The van der Waals surface area contributed by atoms with Crippen LogP contribution in [0.25, 0.3) is 0 Å². The Balaban J connectivity index is 2.02. The van der Waals surface area contributed by atoms with Gasteiger partial charge in [-0.2, -0.15) is 0 Å². The number of morpholine rings is 1. The molecule has 2 nitrogen and oxygen atoms in total. The summed E-state index contributed by atoms with van der Waals surface area (Å²) in [6.07, 6.45) is 0.159. The fourth-order valence-corrected chi connectivity index (χ4v) is 2.43. The molecule has 2 heterocycles. The third kappa shape index (κ3) is 2.28. The normalized spacial score (nSPS) is 26.4. The monoisotopic (exact) mass is 231 g/mol. The van der Waals surface area contributed by atoms with Crippen molar-refractivity contribution in [1.82, 2.24) is 5.32 Å². The quantitative estimate of drug-likeness (QED) is 0.803. The van der Waals surface area contributed by atoms with Crippen molar-refractivity contribution in [2.45, 2.75) is 25.5 Å². The Morgan fingerprint density at radius 1 is 1.64 bits per heavy atom. The van der Waals surface area contributed by atoms with E-state index in [-0.39, 0.29) is 11.6 Å². The van der Waals surface area contributed by atoms with E-state index in [1.165, 1.54) is 5.56 Å². The maximum atomic E-state index is 5.88. The van der Waals surface area contributed by atoms with Gasteiger partial charge in [0.1, 0.15) is 0 Å². The molecule has 14 heavy (non-hydrogen) atoms. The van der Waals surface area contributed by atoms with Crippen molar-refractivity contribution in [1.29, 1.82) is 0 Å². The minimum atomic E-state index is 0.0936. The van der Waals surface area contributed by atoms with Crippen LogP contribution < -0.4 is 5.32 Å². The first kappa shape index (κ1) is 10.4. The summed E-state index contributed by atoms with van der Waals surface area (Å²) in [5, 5.41) is 5.52. The summed E-state index contributed by atoms with van der Waals surface area (Å²) in [5.41, 5.74) is 1.28. The van der Waals surface area contributed by atoms with Crippen LogP contribution in [0.4, 0.5) is 0 Å². The summed E-state index contributed by atoms with van der Waals surface area (Å²) < 4.78 is 6.61. The second-order valence-corrected chi connectivity index (χ2v) is 5.79. The minimum Gasteiger partial charge on any atom is -0.370 e. The molecule has 78 valence electrons. The van der Waals surface area contributed by atoms with Crippen LogP contribution in [0.5, 0.6) is 0 Å². The molecule has 0 aromatic carbocycles. The van der Waals surface area contributed by atoms with Gasteiger partial charge in [-0.05, 0) is 30.9 Å². The zero-order chi connectivity index (χ0) is 10.2. The number of halogens is 1. The second-order valence-electron chi connectivity index (χ2n) is 4.25. The van der Waals surface area contributed by atoms with Crippen LogP contribution in [0.15, 0.2) is 11.4 Å². The zero-order valence-electron chi connectivity index (χ0n) is 8.34. The molecular formula is C10H14ClNOS. The van der Waals surface area contributed by atoms with Crippen molar-refractivity contribution in [3.63, 3.8) is 0 Å². The van der Waals surface area contributed by atoms with Crippen molar-refractivity contribution in [3.8, 4) is 0 Å². The summed E-state index contributed by atoms with van der Waals surface area (Å²) in [6.45, 7) is 5.89. The Morgan fingerprint density at radius 2 is 2.43 bits per heavy atom. The lowest BCUT2D eigenvalue weighted by molar-refractivity contribution is -0.0226. The SMILES string of the molecule is CC1(C)COC(c2csc(Cl)c2)CN1. The third-order valence-corrected chi connectivity index (χ3v) is 3.48. The maximum Gasteiger partial charge on any atom is 0.0958 e. The van der Waals surface area contributed by atoms with Crippen LogP contribution in [-0.4, -0.2) is 18.7 Å². The number of hydrogen-bond acceptors (Lipinski definition) is 3. The van der Waals surface area contributed by atoms with Gasteiger partial charge in [0.25, 0.3) is 0 Å². The lowest BCUT2D eigenvalue weighted by Gasteiger charge is -2.35. The molecule has 1 N–H and O–H groups in total. The van der Waals surface area contributed by atoms with E-state index in [0.29, 0.717) is 0 Å². The van der Waals surface area contributed by atoms with Crippen molar-refractivity contribution >= 4 is 22.9 Å². The number of ether oxygens (including phenoxy) is 1. The highest BCUT2D eigenvalue weighted by Crippen LogP contribution is 2.29. The lowest BCUT2D eigenvalue weighted by atomic mass is 10.0. The Bertz CT molecular complexity index is 314. The summed E-state index contributed by atoms with van der Waals surface area (Å²) in [4.78, 5) is 0. The Labute approximate surface area is 93.2 Å². The molecule has 1 atom stereocenters. The first-order valence-corrected chi connectivity index (χ1v) is 5.93. The lowest BCUT2D eigenvalue weighted by Crippen LogP contribution is -2.50. The summed E-state index contributed by atoms with van der Waals surface area (Å²) in [5.74, 6) is 0. The molecular weight excluding hydrogens is 218 g/mol. The highest BCUT2D eigenvalue weighted by molar-refractivity contribution is 7.14. The molecule has 0 bridgehead atoms. The fourth-order valence-electron chi connectivity index (χ4n) is 1.49. The molecule has 0 amide bonds. The van der Waals surface area contributed by atoms with Crippen LogP contribution in [0.3, 0.4) is 0 Å². The van der Waals surface area contributed by atoms with Crippen molar-refractivity contribution < 1.29 is 4.74 Å². The van der Waals surface area contributed by atoms with Gasteiger partial charge in [-0.3, -0.25) is 0 Å². The zero-order valence-corrected chi connectivity index (χ0v) is 9.91. The predicted octanol–water partition coefficient (Wildman–Crippen LogP) is 2.84. The van der Waals surface area contributed by atoms with Crippen LogP contribution in [0, 0.1) is 0 Å². The van der Waals surface area contributed by atoms with E-state index in [2.05, 4.69) is 24.5 Å². The molecule has 1 aliphatic rings. The molecule has 1 aliphatic heterocycles. The maximum absolute atomic E-state index is 5.88. The molecule has 0 radical (unpaired) electrons. The van der Waals surface area contributed by atoms with Crippen molar-refractivity contribution in [2.24, 2.45) is 0 Å². The van der Waals surface area contributed by atoms with E-state index in [0.717, 1.165) is 17.5 Å². The van der Waals surface area contributed by atoms with Crippen molar-refractivity contribution in [3.05, 3.63) is 21.3 Å². The van der Waals surface area contributed by atoms with E-state index in [4.69, 9.17) is 16.3 Å². The number of nitrogens with one attached hydrogen (secondary N) is 1. The predicted molar refractivity (Wildman–Crippen MR) is 60.1 cm³/mol. The van der Waals surface area contributed by atoms with Gasteiger partial charge in [0.2, 0.25) is 0 Å². The number of rotatable bonds is 1. The molecule has 2 rings (SSSR count). The van der Waals surface area contributed by atoms with Crippen LogP contribution in [-0.2, 0) is 4.74 Å². The average Bonchev–Trinajstić information content (AvgIpc) is 2.52. The molecule has 4 heteroatoms. The standard InChI is InChI=1S/C10H14ClNOS/c1-10(2)6-13-8(4-12-10)7-3-9(11)14-5-7/h3,5,8,12H,4,6H2,1-2H3. The van der Waals surface area contributed by atoms with Crippen molar-refractivity contribution in [2.75, 3.05) is 13.2 Å². The second kappa shape index (κ2) is 3.81. The number of hydrogen-bond donors (Lipinski definition) is 1. The minimum absolute atomic E-state index is 0.0936. The highest BCUT2D eigenvalue weighted by atomic mass is 35.5. The van der Waals surface area contributed by atoms with Gasteiger partial charge in [-0.15, -0.1) is 11.3 Å². The van der Waals surface area contributed by atoms with Gasteiger partial charge in [0.05, 0.1) is 17.0 Å². The van der Waals surface area contributed by atoms with Gasteiger partial charge < -0.3 is 10.1 Å². The topological polar surface area (TPSA) is 21.3 Å². The van der Waals surface area contributed by atoms with Crippen LogP contribution >= 0.6 is 22.9 Å². The fraction of sp³-hybridized carbons (Fsp3) is 0.600. The molecule has 1 saturated heterocycles. The molecule has 1 aromatic rings. The molecule has 1 aromatic heterocycles. The smallest absolute Gasteiger partial charge is 0.0958 e. The molecule has 0 spiro atoms. The molecule has 0 saturated carbocycles. The summed E-state index contributed by atoms with van der Waals surface area (Å²) in [7, 11) is 0. The Kier molecular flexibility index (Phi) is 2.84. The van der Waals surface area contributed by atoms with Crippen LogP contribution in [0.2, 0.25) is 4.34 Å². The summed E-state index contributed by atoms with van der Waals surface area (Å²) in [6, 6.07) is 1.98. The van der Waals surface area contributed by atoms with E-state index >= 15 is 0 Å². The van der Waals surface area contributed by atoms with Gasteiger partial charge >= 0.3 is 0 Å². The van der Waals surface area contributed by atoms with Gasteiger partial charge in [-0.25, -0.2) is 0 Å². The van der Waals surface area contributed by atoms with E-state index in [1.807, 2.05) is 6.07 Å². The molecule has 1 fully saturated rings.